The Bertz CT molecular complexity index is 427. The van der Waals surface area contributed by atoms with Crippen LogP contribution in [0.1, 0.15) is 33.3 Å². The van der Waals surface area contributed by atoms with Crippen molar-refractivity contribution >= 4 is 28.5 Å². The maximum atomic E-state index is 6.00. The molecule has 1 aliphatic rings. The number of halogens is 1. The first-order valence-electron chi connectivity index (χ1n) is 5.85. The summed E-state index contributed by atoms with van der Waals surface area (Å²) >= 11 is 3.54. The van der Waals surface area contributed by atoms with E-state index in [1.54, 1.807) is 0 Å². The van der Waals surface area contributed by atoms with Gasteiger partial charge in [-0.1, -0.05) is 28.1 Å². The van der Waals surface area contributed by atoms with Crippen LogP contribution in [0.5, 0.6) is 0 Å². The Morgan fingerprint density at radius 2 is 1.59 bits per heavy atom. The molecule has 2 rings (SSSR count). The van der Waals surface area contributed by atoms with E-state index in [-0.39, 0.29) is 18.3 Å². The fraction of sp³-hybridized carbons (Fsp3) is 0.538. The van der Waals surface area contributed by atoms with Crippen molar-refractivity contribution in [3.05, 3.63) is 28.2 Å². The monoisotopic (exact) mass is 296 g/mol. The van der Waals surface area contributed by atoms with Crippen molar-refractivity contribution in [1.82, 2.24) is 0 Å². The lowest BCUT2D eigenvalue weighted by Gasteiger charge is -2.32. The van der Waals surface area contributed by atoms with Crippen molar-refractivity contribution in [3.8, 4) is 0 Å². The highest BCUT2D eigenvalue weighted by Gasteiger charge is 2.51. The van der Waals surface area contributed by atoms with Crippen LogP contribution >= 0.6 is 15.9 Å². The normalized spacial score (nSPS) is 21.9. The molecule has 0 bridgehead atoms. The lowest BCUT2D eigenvalue weighted by molar-refractivity contribution is 0.00578. The Morgan fingerprint density at radius 1 is 1.06 bits per heavy atom. The first-order chi connectivity index (χ1) is 7.73. The molecule has 1 aromatic carbocycles. The minimum absolute atomic E-state index is 0.281. The molecule has 1 fully saturated rings. The Hall–Kier alpha value is -0.315. The zero-order chi connectivity index (χ0) is 12.8. The van der Waals surface area contributed by atoms with Gasteiger partial charge in [0.25, 0.3) is 0 Å². The number of aryl methyl sites for hydroxylation is 1. The molecule has 17 heavy (non-hydrogen) atoms. The summed E-state index contributed by atoms with van der Waals surface area (Å²) in [5.41, 5.74) is 1.70. The number of benzene rings is 1. The molecule has 0 atom stereocenters. The van der Waals surface area contributed by atoms with E-state index in [2.05, 4.69) is 68.7 Å². The maximum absolute atomic E-state index is 6.00. The van der Waals surface area contributed by atoms with Crippen LogP contribution in [0.25, 0.3) is 0 Å². The average molecular weight is 297 g/mol. The van der Waals surface area contributed by atoms with Gasteiger partial charge >= 0.3 is 7.12 Å². The van der Waals surface area contributed by atoms with E-state index in [1.165, 1.54) is 5.56 Å². The Kier molecular flexibility index (Phi) is 3.17. The van der Waals surface area contributed by atoms with E-state index >= 15 is 0 Å². The van der Waals surface area contributed by atoms with Crippen molar-refractivity contribution in [1.29, 1.82) is 0 Å². The van der Waals surface area contributed by atoms with Gasteiger partial charge in [0.15, 0.2) is 0 Å². The van der Waals surface area contributed by atoms with E-state index < -0.39 is 0 Å². The Morgan fingerprint density at radius 3 is 2.06 bits per heavy atom. The number of rotatable bonds is 1. The van der Waals surface area contributed by atoms with E-state index in [1.807, 2.05) is 0 Å². The summed E-state index contributed by atoms with van der Waals surface area (Å²) in [4.78, 5) is 0. The molecule has 0 spiro atoms. The molecule has 0 aromatic heterocycles. The molecule has 0 N–H and O–H groups in total. The molecule has 2 nitrogen and oxygen atoms in total. The second-order valence-electron chi connectivity index (χ2n) is 5.60. The van der Waals surface area contributed by atoms with Gasteiger partial charge in [0.05, 0.1) is 11.2 Å². The molecule has 1 aliphatic heterocycles. The van der Waals surface area contributed by atoms with Gasteiger partial charge in [-0.15, -0.1) is 0 Å². The third kappa shape index (κ3) is 2.31. The molecular formula is C13H18BBrO2. The summed E-state index contributed by atoms with van der Waals surface area (Å²) < 4.78 is 13.1. The Labute approximate surface area is 112 Å². The molecule has 0 radical (unpaired) electrons. The van der Waals surface area contributed by atoms with Crippen molar-refractivity contribution in [3.63, 3.8) is 0 Å². The topological polar surface area (TPSA) is 18.5 Å². The summed E-state index contributed by atoms with van der Waals surface area (Å²) in [7, 11) is -0.281. The van der Waals surface area contributed by atoms with Crippen molar-refractivity contribution in [2.24, 2.45) is 0 Å². The molecule has 92 valence electrons. The van der Waals surface area contributed by atoms with Crippen molar-refractivity contribution in [2.45, 2.75) is 45.8 Å². The first-order valence-corrected chi connectivity index (χ1v) is 6.64. The van der Waals surface area contributed by atoms with E-state index in [0.717, 1.165) is 9.94 Å². The third-order valence-electron chi connectivity index (χ3n) is 3.72. The van der Waals surface area contributed by atoms with Crippen LogP contribution in [0.4, 0.5) is 0 Å². The zero-order valence-corrected chi connectivity index (χ0v) is 12.6. The molecule has 1 saturated heterocycles. The minimum atomic E-state index is -0.283. The van der Waals surface area contributed by atoms with Gasteiger partial charge in [0.1, 0.15) is 0 Å². The first kappa shape index (κ1) is 13.1. The molecule has 1 heterocycles. The summed E-state index contributed by atoms with van der Waals surface area (Å²) in [6.45, 7) is 10.3. The molecule has 1 aromatic rings. The second-order valence-corrected chi connectivity index (χ2v) is 6.45. The van der Waals surface area contributed by atoms with Gasteiger partial charge in [0, 0.05) is 4.47 Å². The Balaban J connectivity index is 2.29. The lowest BCUT2D eigenvalue weighted by atomic mass is 9.79. The highest BCUT2D eigenvalue weighted by atomic mass is 79.9. The molecule has 0 unspecified atom stereocenters. The van der Waals surface area contributed by atoms with Crippen molar-refractivity contribution < 1.29 is 9.31 Å². The molecule has 4 heteroatoms. The van der Waals surface area contributed by atoms with E-state index in [9.17, 15) is 0 Å². The summed E-state index contributed by atoms with van der Waals surface area (Å²) in [6, 6.07) is 6.20. The van der Waals surface area contributed by atoms with Gasteiger partial charge in [-0.3, -0.25) is 0 Å². The largest absolute Gasteiger partial charge is 0.494 e. The van der Waals surface area contributed by atoms with E-state index in [0.29, 0.717) is 0 Å². The predicted octanol–water partition coefficient (Wildman–Crippen LogP) is 3.06. The summed E-state index contributed by atoms with van der Waals surface area (Å²) in [6.07, 6.45) is 0. The molecular weight excluding hydrogens is 279 g/mol. The number of hydrogen-bond donors (Lipinski definition) is 0. The molecule has 0 saturated carbocycles. The highest BCUT2D eigenvalue weighted by molar-refractivity contribution is 9.10. The molecule has 0 amide bonds. The van der Waals surface area contributed by atoms with Crippen LogP contribution in [0, 0.1) is 6.92 Å². The zero-order valence-electron chi connectivity index (χ0n) is 11.0. The standard InChI is InChI=1S/C13H18BBrO2/c1-9-6-7-10(8-11(9)15)14-16-12(2,3)13(4,5)17-14/h6-8H,1-5H3. The summed E-state index contributed by atoms with van der Waals surface area (Å²) in [5.74, 6) is 0. The fourth-order valence-corrected chi connectivity index (χ4v) is 2.13. The smallest absolute Gasteiger partial charge is 0.399 e. The van der Waals surface area contributed by atoms with Crippen LogP contribution in [0.15, 0.2) is 22.7 Å². The van der Waals surface area contributed by atoms with Crippen LogP contribution in [0.2, 0.25) is 0 Å². The van der Waals surface area contributed by atoms with E-state index in [4.69, 9.17) is 9.31 Å². The van der Waals surface area contributed by atoms with Gasteiger partial charge in [0.2, 0.25) is 0 Å². The fourth-order valence-electron chi connectivity index (χ4n) is 1.73. The van der Waals surface area contributed by atoms with Crippen molar-refractivity contribution in [2.75, 3.05) is 0 Å². The van der Waals surface area contributed by atoms with Crippen LogP contribution in [-0.4, -0.2) is 18.3 Å². The van der Waals surface area contributed by atoms with Crippen LogP contribution in [-0.2, 0) is 9.31 Å². The second kappa shape index (κ2) is 4.11. The van der Waals surface area contributed by atoms with Gasteiger partial charge in [-0.2, -0.15) is 0 Å². The predicted molar refractivity (Wildman–Crippen MR) is 74.6 cm³/mol. The minimum Gasteiger partial charge on any atom is -0.399 e. The lowest BCUT2D eigenvalue weighted by Crippen LogP contribution is -2.41. The van der Waals surface area contributed by atoms with Gasteiger partial charge in [-0.25, -0.2) is 0 Å². The van der Waals surface area contributed by atoms with Gasteiger partial charge in [-0.05, 0) is 51.7 Å². The highest BCUT2D eigenvalue weighted by Crippen LogP contribution is 2.36. The van der Waals surface area contributed by atoms with Gasteiger partial charge < -0.3 is 9.31 Å². The SMILES string of the molecule is Cc1ccc(B2OC(C)(C)C(C)(C)O2)cc1Br. The third-order valence-corrected chi connectivity index (χ3v) is 4.58. The quantitative estimate of drug-likeness (QED) is 0.742. The average Bonchev–Trinajstić information content (AvgIpc) is 2.41. The maximum Gasteiger partial charge on any atom is 0.494 e. The van der Waals surface area contributed by atoms with Crippen LogP contribution in [0.3, 0.4) is 0 Å². The summed E-state index contributed by atoms with van der Waals surface area (Å²) in [5, 5.41) is 0. The number of hydrogen-bond acceptors (Lipinski definition) is 2. The van der Waals surface area contributed by atoms with Crippen LogP contribution < -0.4 is 5.46 Å². The molecule has 0 aliphatic carbocycles.